The summed E-state index contributed by atoms with van der Waals surface area (Å²) in [7, 11) is 0. The van der Waals surface area contributed by atoms with Crippen LogP contribution in [0.2, 0.25) is 0 Å². The number of nitrogens with zero attached hydrogens (tertiary/aromatic N) is 2. The molecule has 3 nitrogen and oxygen atoms in total. The smallest absolute Gasteiger partial charge is 0.193 e. The number of fused-ring (bicyclic) bond motifs is 1. The molecule has 0 radical (unpaired) electrons. The third-order valence-electron chi connectivity index (χ3n) is 2.63. The van der Waals surface area contributed by atoms with Crippen LogP contribution >= 0.6 is 27.3 Å². The van der Waals surface area contributed by atoms with Gasteiger partial charge in [-0.2, -0.15) is 0 Å². The van der Waals surface area contributed by atoms with E-state index in [1.165, 1.54) is 0 Å². The summed E-state index contributed by atoms with van der Waals surface area (Å²) >= 11 is 4.93. The predicted octanol–water partition coefficient (Wildman–Crippen LogP) is 3.58. The topological polar surface area (TPSA) is 34.4 Å². The summed E-state index contributed by atoms with van der Waals surface area (Å²) in [5.74, 6) is 0.0852. The minimum Gasteiger partial charge on any atom is -0.297 e. The van der Waals surface area contributed by atoms with Crippen LogP contribution in [0.4, 0.5) is 0 Å². The number of aromatic nitrogens is 2. The van der Waals surface area contributed by atoms with Crippen LogP contribution in [0, 0.1) is 0 Å². The predicted molar refractivity (Wildman–Crippen MR) is 75.2 cm³/mol. The number of Topliss-reactive ketones (excluding diaryl/α,β-unsaturated/α-hetero) is 1. The molecular formula is C13H9BrN2OS. The van der Waals surface area contributed by atoms with Crippen LogP contribution in [0.3, 0.4) is 0 Å². The molecule has 5 heteroatoms. The fourth-order valence-corrected chi connectivity index (χ4v) is 2.91. The van der Waals surface area contributed by atoms with Crippen LogP contribution < -0.4 is 0 Å². The number of hydrogen-bond acceptors (Lipinski definition) is 3. The van der Waals surface area contributed by atoms with Crippen molar-refractivity contribution in [1.29, 1.82) is 0 Å². The van der Waals surface area contributed by atoms with Crippen LogP contribution in [0.1, 0.15) is 16.1 Å². The van der Waals surface area contributed by atoms with Gasteiger partial charge in [0, 0.05) is 27.8 Å². The van der Waals surface area contributed by atoms with E-state index in [4.69, 9.17) is 0 Å². The van der Waals surface area contributed by atoms with E-state index in [9.17, 15) is 4.79 Å². The number of halogens is 1. The lowest BCUT2D eigenvalue weighted by molar-refractivity contribution is 0.0992. The van der Waals surface area contributed by atoms with Gasteiger partial charge in [0.2, 0.25) is 0 Å². The van der Waals surface area contributed by atoms with Crippen molar-refractivity contribution >= 4 is 38.0 Å². The van der Waals surface area contributed by atoms with Crippen LogP contribution in [0.25, 0.3) is 4.96 Å². The Bertz CT molecular complexity index is 688. The van der Waals surface area contributed by atoms with Crippen molar-refractivity contribution in [3.05, 3.63) is 57.8 Å². The zero-order valence-electron chi connectivity index (χ0n) is 9.34. The molecule has 3 rings (SSSR count). The van der Waals surface area contributed by atoms with Gasteiger partial charge in [-0.05, 0) is 12.1 Å². The third-order valence-corrected chi connectivity index (χ3v) is 3.90. The summed E-state index contributed by atoms with van der Waals surface area (Å²) in [5, 5.41) is 1.97. The lowest BCUT2D eigenvalue weighted by Gasteiger charge is -1.99. The van der Waals surface area contributed by atoms with Crippen molar-refractivity contribution in [1.82, 2.24) is 9.38 Å². The van der Waals surface area contributed by atoms with Crippen LogP contribution in [0.15, 0.2) is 46.5 Å². The highest BCUT2D eigenvalue weighted by Gasteiger charge is 2.10. The number of ketones is 1. The van der Waals surface area contributed by atoms with Gasteiger partial charge in [0.15, 0.2) is 10.7 Å². The van der Waals surface area contributed by atoms with Gasteiger partial charge in [0.25, 0.3) is 0 Å². The summed E-state index contributed by atoms with van der Waals surface area (Å²) in [4.78, 5) is 17.4. The van der Waals surface area contributed by atoms with E-state index >= 15 is 0 Å². The van der Waals surface area contributed by atoms with Crippen molar-refractivity contribution in [2.45, 2.75) is 6.42 Å². The molecular weight excluding hydrogens is 312 g/mol. The molecule has 2 aromatic heterocycles. The molecule has 0 amide bonds. The lowest BCUT2D eigenvalue weighted by Crippen LogP contribution is -2.03. The number of benzene rings is 1. The number of carbonyl (C=O) groups is 1. The quantitative estimate of drug-likeness (QED) is 0.691. The Labute approximate surface area is 116 Å². The van der Waals surface area contributed by atoms with Gasteiger partial charge in [0.05, 0.1) is 12.1 Å². The second-order valence-electron chi connectivity index (χ2n) is 3.94. The van der Waals surface area contributed by atoms with Crippen molar-refractivity contribution in [3.63, 3.8) is 0 Å². The Morgan fingerprint density at radius 1 is 1.44 bits per heavy atom. The van der Waals surface area contributed by atoms with E-state index in [1.807, 2.05) is 46.4 Å². The Kier molecular flexibility index (Phi) is 3.01. The third kappa shape index (κ3) is 2.23. The van der Waals surface area contributed by atoms with E-state index in [1.54, 1.807) is 11.3 Å². The molecule has 18 heavy (non-hydrogen) atoms. The van der Waals surface area contributed by atoms with Gasteiger partial charge < -0.3 is 0 Å². The Balaban J connectivity index is 1.84. The van der Waals surface area contributed by atoms with E-state index < -0.39 is 0 Å². The highest BCUT2D eigenvalue weighted by Crippen LogP contribution is 2.16. The number of rotatable bonds is 3. The van der Waals surface area contributed by atoms with Crippen molar-refractivity contribution in [2.75, 3.05) is 0 Å². The first kappa shape index (κ1) is 11.6. The molecule has 0 saturated carbocycles. The van der Waals surface area contributed by atoms with Crippen LogP contribution in [-0.2, 0) is 6.42 Å². The second-order valence-corrected chi connectivity index (χ2v) is 5.72. The Morgan fingerprint density at radius 2 is 2.33 bits per heavy atom. The molecule has 2 heterocycles. The maximum Gasteiger partial charge on any atom is 0.193 e. The minimum absolute atomic E-state index is 0.0852. The van der Waals surface area contributed by atoms with Crippen LogP contribution in [-0.4, -0.2) is 15.2 Å². The monoisotopic (exact) mass is 320 g/mol. The summed E-state index contributed by atoms with van der Waals surface area (Å²) in [6.07, 6.45) is 4.19. The van der Waals surface area contributed by atoms with E-state index in [0.717, 1.165) is 15.1 Å². The molecule has 0 atom stereocenters. The summed E-state index contributed by atoms with van der Waals surface area (Å²) in [6, 6.07) is 7.43. The van der Waals surface area contributed by atoms with Gasteiger partial charge in [-0.15, -0.1) is 11.3 Å². The summed E-state index contributed by atoms with van der Waals surface area (Å²) in [5.41, 5.74) is 1.52. The fraction of sp³-hybridized carbons (Fsp3) is 0.0769. The molecule has 0 fully saturated rings. The number of carbonyl (C=O) groups excluding carboxylic acids is 1. The molecule has 0 N–H and O–H groups in total. The number of imidazole rings is 1. The largest absolute Gasteiger partial charge is 0.297 e. The molecule has 0 aliphatic rings. The number of hydrogen-bond donors (Lipinski definition) is 0. The molecule has 0 aliphatic heterocycles. The summed E-state index contributed by atoms with van der Waals surface area (Å²) < 4.78 is 2.85. The molecule has 0 saturated heterocycles. The molecule has 0 spiro atoms. The normalized spacial score (nSPS) is 10.9. The zero-order valence-corrected chi connectivity index (χ0v) is 11.7. The van der Waals surface area contributed by atoms with Crippen molar-refractivity contribution < 1.29 is 4.79 Å². The first-order valence-corrected chi connectivity index (χ1v) is 7.09. The number of thiazole rings is 1. The molecule has 90 valence electrons. The lowest BCUT2D eigenvalue weighted by atomic mass is 10.1. The maximum atomic E-state index is 12.1. The van der Waals surface area contributed by atoms with Gasteiger partial charge >= 0.3 is 0 Å². The van der Waals surface area contributed by atoms with Gasteiger partial charge in [-0.25, -0.2) is 4.98 Å². The average molecular weight is 321 g/mol. The van der Waals surface area contributed by atoms with Crippen LogP contribution in [0.5, 0.6) is 0 Å². The fourth-order valence-electron chi connectivity index (χ4n) is 1.79. The molecule has 3 aromatic rings. The van der Waals surface area contributed by atoms with Crippen molar-refractivity contribution in [3.8, 4) is 0 Å². The molecule has 0 aliphatic carbocycles. The Hall–Kier alpha value is -1.46. The van der Waals surface area contributed by atoms with Gasteiger partial charge in [-0.3, -0.25) is 9.20 Å². The van der Waals surface area contributed by atoms with E-state index in [-0.39, 0.29) is 5.78 Å². The van der Waals surface area contributed by atoms with E-state index in [2.05, 4.69) is 20.9 Å². The van der Waals surface area contributed by atoms with E-state index in [0.29, 0.717) is 12.0 Å². The van der Waals surface area contributed by atoms with Gasteiger partial charge in [0.1, 0.15) is 0 Å². The first-order chi connectivity index (χ1) is 8.72. The van der Waals surface area contributed by atoms with Crippen molar-refractivity contribution in [2.24, 2.45) is 0 Å². The average Bonchev–Trinajstić information content (AvgIpc) is 2.89. The second kappa shape index (κ2) is 4.66. The molecule has 0 bridgehead atoms. The summed E-state index contributed by atoms with van der Waals surface area (Å²) in [6.45, 7) is 0. The first-order valence-electron chi connectivity index (χ1n) is 5.42. The molecule has 1 aromatic carbocycles. The standard InChI is InChI=1S/C13H9BrN2OS/c14-10-3-1-2-9(6-10)12(17)7-11-8-16-4-5-18-13(16)15-11/h1-6,8H,7H2. The molecule has 0 unspecified atom stereocenters. The maximum absolute atomic E-state index is 12.1. The SMILES string of the molecule is O=C(Cc1cn2ccsc2n1)c1cccc(Br)c1. The zero-order chi connectivity index (χ0) is 12.5. The minimum atomic E-state index is 0.0852. The highest BCUT2D eigenvalue weighted by molar-refractivity contribution is 9.10. The highest BCUT2D eigenvalue weighted by atomic mass is 79.9. The Morgan fingerprint density at radius 3 is 3.11 bits per heavy atom. The van der Waals surface area contributed by atoms with Gasteiger partial charge in [-0.1, -0.05) is 28.1 Å².